The van der Waals surface area contributed by atoms with Gasteiger partial charge in [-0.1, -0.05) is 36.8 Å². The number of aromatic nitrogens is 1. The van der Waals surface area contributed by atoms with Crippen LogP contribution in [-0.2, 0) is 0 Å². The molecule has 98 valence electrons. The lowest BCUT2D eigenvalue weighted by molar-refractivity contribution is 0.436. The molecule has 1 heterocycles. The van der Waals surface area contributed by atoms with E-state index in [1.807, 2.05) is 12.3 Å². The van der Waals surface area contributed by atoms with Crippen LogP contribution >= 0.6 is 0 Å². The molecule has 20 heavy (non-hydrogen) atoms. The van der Waals surface area contributed by atoms with E-state index in [-0.39, 0.29) is 0 Å². The van der Waals surface area contributed by atoms with Crippen molar-refractivity contribution in [3.63, 3.8) is 0 Å². The van der Waals surface area contributed by atoms with Gasteiger partial charge in [-0.2, -0.15) is 0 Å². The number of nitrogens with zero attached hydrogens (tertiary/aromatic N) is 1. The van der Waals surface area contributed by atoms with Gasteiger partial charge >= 0.3 is 0 Å². The number of pyridine rings is 1. The Morgan fingerprint density at radius 2 is 1.80 bits per heavy atom. The van der Waals surface area contributed by atoms with Gasteiger partial charge in [0.25, 0.3) is 0 Å². The van der Waals surface area contributed by atoms with Crippen molar-refractivity contribution in [2.24, 2.45) is 0 Å². The molecule has 0 spiro atoms. The largest absolute Gasteiger partial charge is 0.256 e. The van der Waals surface area contributed by atoms with Crippen LogP contribution in [0.1, 0.15) is 48.6 Å². The number of benzene rings is 2. The van der Waals surface area contributed by atoms with E-state index in [0.29, 0.717) is 0 Å². The lowest BCUT2D eigenvalue weighted by atomic mass is 9.86. The summed E-state index contributed by atoms with van der Waals surface area (Å²) in [7, 11) is 0. The first kappa shape index (κ1) is 10.8. The highest BCUT2D eigenvalue weighted by molar-refractivity contribution is 6.06. The number of hydrogen-bond donors (Lipinski definition) is 0. The molecule has 0 aliphatic heterocycles. The lowest BCUT2D eigenvalue weighted by Gasteiger charge is -2.18. The van der Waals surface area contributed by atoms with Crippen LogP contribution in [0.2, 0.25) is 0 Å². The van der Waals surface area contributed by atoms with Gasteiger partial charge in [0.1, 0.15) is 0 Å². The Hall–Kier alpha value is -1.89. The smallest absolute Gasteiger partial charge is 0.0780 e. The molecular formula is C19H17N. The first-order chi connectivity index (χ1) is 9.92. The summed E-state index contributed by atoms with van der Waals surface area (Å²) in [6, 6.07) is 13.5. The van der Waals surface area contributed by atoms with E-state index in [2.05, 4.69) is 35.3 Å². The minimum atomic E-state index is 0.800. The maximum Gasteiger partial charge on any atom is 0.0780 e. The molecule has 1 fully saturated rings. The monoisotopic (exact) mass is 259 g/mol. The summed E-state index contributed by atoms with van der Waals surface area (Å²) in [5.41, 5.74) is 4.45. The normalized spacial score (nSPS) is 24.2. The molecule has 0 radical (unpaired) electrons. The zero-order chi connectivity index (χ0) is 13.1. The van der Waals surface area contributed by atoms with Crippen LogP contribution in [0.25, 0.3) is 21.7 Å². The van der Waals surface area contributed by atoms with Gasteiger partial charge in [0, 0.05) is 17.0 Å². The number of hydrogen-bond acceptors (Lipinski definition) is 1. The zero-order valence-electron chi connectivity index (χ0n) is 11.5. The number of fused-ring (bicyclic) bond motifs is 9. The highest BCUT2D eigenvalue weighted by Gasteiger charge is 2.35. The maximum atomic E-state index is 4.62. The summed E-state index contributed by atoms with van der Waals surface area (Å²) in [5.74, 6) is 1.63. The van der Waals surface area contributed by atoms with Gasteiger partial charge in [-0.05, 0) is 53.7 Å². The average Bonchev–Trinajstić information content (AvgIpc) is 2.78. The Morgan fingerprint density at radius 1 is 0.900 bits per heavy atom. The van der Waals surface area contributed by atoms with Crippen molar-refractivity contribution in [2.45, 2.75) is 37.5 Å². The van der Waals surface area contributed by atoms with E-state index in [0.717, 1.165) is 17.4 Å². The summed E-state index contributed by atoms with van der Waals surface area (Å²) < 4.78 is 0. The molecule has 2 bridgehead atoms. The minimum absolute atomic E-state index is 0.800. The molecule has 0 amide bonds. The van der Waals surface area contributed by atoms with Crippen molar-refractivity contribution in [1.82, 2.24) is 4.98 Å². The fraction of sp³-hybridized carbons (Fsp3) is 0.316. The minimum Gasteiger partial charge on any atom is -0.256 e. The third-order valence-corrected chi connectivity index (χ3v) is 5.37. The lowest BCUT2D eigenvalue weighted by Crippen LogP contribution is -2.01. The quantitative estimate of drug-likeness (QED) is 0.509. The Bertz CT molecular complexity index is 834. The first-order valence-electron chi connectivity index (χ1n) is 7.72. The maximum absolute atomic E-state index is 4.62. The van der Waals surface area contributed by atoms with Gasteiger partial charge < -0.3 is 0 Å². The van der Waals surface area contributed by atoms with Crippen LogP contribution in [0.15, 0.2) is 42.6 Å². The summed E-state index contributed by atoms with van der Waals surface area (Å²) in [6.45, 7) is 0. The second kappa shape index (κ2) is 3.82. The molecule has 0 saturated heterocycles. The van der Waals surface area contributed by atoms with Gasteiger partial charge in [0.05, 0.1) is 5.52 Å². The fourth-order valence-electron chi connectivity index (χ4n) is 4.54. The van der Waals surface area contributed by atoms with Crippen molar-refractivity contribution in [1.29, 1.82) is 0 Å². The average molecular weight is 259 g/mol. The molecule has 2 aliphatic carbocycles. The van der Waals surface area contributed by atoms with Crippen LogP contribution in [0.5, 0.6) is 0 Å². The van der Waals surface area contributed by atoms with Gasteiger partial charge in [0.15, 0.2) is 0 Å². The van der Waals surface area contributed by atoms with E-state index < -0.39 is 0 Å². The zero-order valence-corrected chi connectivity index (χ0v) is 11.5. The van der Waals surface area contributed by atoms with Gasteiger partial charge in [0.2, 0.25) is 0 Å². The number of rotatable bonds is 0. The van der Waals surface area contributed by atoms with Gasteiger partial charge in [-0.25, -0.2) is 0 Å². The molecule has 2 unspecified atom stereocenters. The molecule has 2 atom stereocenters. The first-order valence-corrected chi connectivity index (χ1v) is 7.72. The van der Waals surface area contributed by atoms with E-state index in [4.69, 9.17) is 0 Å². The molecule has 0 N–H and O–H groups in total. The van der Waals surface area contributed by atoms with E-state index >= 15 is 0 Å². The van der Waals surface area contributed by atoms with Crippen LogP contribution in [0.3, 0.4) is 0 Å². The standard InChI is InChI=1S/C19H17N/c1-3-13-11-14(4-1)18-15(13)8-9-17-16(18)7-6-12-5-2-10-20-19(12)17/h2,5-10,13-14H,1,3-4,11H2. The van der Waals surface area contributed by atoms with Crippen LogP contribution in [0.4, 0.5) is 0 Å². The highest BCUT2D eigenvalue weighted by atomic mass is 14.6. The summed E-state index contributed by atoms with van der Waals surface area (Å²) in [5, 5.41) is 4.05. The van der Waals surface area contributed by atoms with E-state index in [9.17, 15) is 0 Å². The molecule has 1 heteroatoms. The van der Waals surface area contributed by atoms with Crippen molar-refractivity contribution >= 4 is 21.7 Å². The molecular weight excluding hydrogens is 242 g/mol. The van der Waals surface area contributed by atoms with E-state index in [1.165, 1.54) is 41.8 Å². The van der Waals surface area contributed by atoms with Crippen molar-refractivity contribution in [3.8, 4) is 0 Å². The van der Waals surface area contributed by atoms with Crippen molar-refractivity contribution in [3.05, 3.63) is 53.7 Å². The molecule has 1 aromatic heterocycles. The third kappa shape index (κ3) is 1.30. The fourth-order valence-corrected chi connectivity index (χ4v) is 4.54. The molecule has 2 aliphatic rings. The molecule has 3 aromatic rings. The van der Waals surface area contributed by atoms with Gasteiger partial charge in [-0.3, -0.25) is 4.98 Å². The second-order valence-corrected chi connectivity index (χ2v) is 6.36. The predicted octanol–water partition coefficient (Wildman–Crippen LogP) is 5.14. The molecule has 1 saturated carbocycles. The second-order valence-electron chi connectivity index (χ2n) is 6.36. The van der Waals surface area contributed by atoms with E-state index in [1.54, 1.807) is 11.1 Å². The van der Waals surface area contributed by atoms with Crippen LogP contribution < -0.4 is 0 Å². The van der Waals surface area contributed by atoms with Crippen molar-refractivity contribution in [2.75, 3.05) is 0 Å². The summed E-state index contributed by atoms with van der Waals surface area (Å²) >= 11 is 0. The van der Waals surface area contributed by atoms with Gasteiger partial charge in [-0.15, -0.1) is 0 Å². The van der Waals surface area contributed by atoms with Crippen LogP contribution in [-0.4, -0.2) is 4.98 Å². The topological polar surface area (TPSA) is 12.9 Å². The SMILES string of the molecule is c1cnc2c(c1)ccc1c3c(ccc12)C1CCCC3C1. The van der Waals surface area contributed by atoms with Crippen LogP contribution in [0, 0.1) is 0 Å². The Labute approximate surface area is 118 Å². The molecule has 1 nitrogen and oxygen atoms in total. The molecule has 2 aromatic carbocycles. The summed E-state index contributed by atoms with van der Waals surface area (Å²) in [4.78, 5) is 4.62. The summed E-state index contributed by atoms with van der Waals surface area (Å²) in [6.07, 6.45) is 7.46. The third-order valence-electron chi connectivity index (χ3n) is 5.37. The highest BCUT2D eigenvalue weighted by Crippen LogP contribution is 2.52. The Kier molecular flexibility index (Phi) is 2.07. The predicted molar refractivity (Wildman–Crippen MR) is 83.2 cm³/mol. The Balaban J connectivity index is 1.92. The van der Waals surface area contributed by atoms with Crippen molar-refractivity contribution < 1.29 is 0 Å². The Morgan fingerprint density at radius 3 is 2.80 bits per heavy atom. The molecule has 5 rings (SSSR count).